The fourth-order valence-electron chi connectivity index (χ4n) is 2.27. The molecule has 1 atom stereocenters. The molecule has 1 aliphatic heterocycles. The van der Waals surface area contributed by atoms with Crippen molar-refractivity contribution in [3.63, 3.8) is 0 Å². The molecule has 88 valence electrons. The normalized spacial score (nSPS) is 20.2. The van der Waals surface area contributed by atoms with Crippen molar-refractivity contribution in [3.05, 3.63) is 53.9 Å². The Morgan fingerprint density at radius 1 is 1.35 bits per heavy atom. The van der Waals surface area contributed by atoms with Gasteiger partial charge in [-0.25, -0.2) is 9.37 Å². The van der Waals surface area contributed by atoms with Gasteiger partial charge >= 0.3 is 0 Å². The first-order chi connectivity index (χ1) is 8.33. The van der Waals surface area contributed by atoms with E-state index in [1.54, 1.807) is 6.20 Å². The predicted octanol–water partition coefficient (Wildman–Crippen LogP) is 2.50. The minimum Gasteiger partial charge on any atom is -0.348 e. The number of hydrogen-bond acceptors (Lipinski definition) is 2. The summed E-state index contributed by atoms with van der Waals surface area (Å²) >= 11 is 0. The number of nitrogens with zero attached hydrogens (tertiary/aromatic N) is 2. The molecule has 1 fully saturated rings. The SMILES string of the molecule is Fc1ccc([C@H]2CCN2Cc2ncc[nH]2)cc1. The number of aromatic amines is 1. The quantitative estimate of drug-likeness (QED) is 0.880. The van der Waals surface area contributed by atoms with E-state index >= 15 is 0 Å². The van der Waals surface area contributed by atoms with Gasteiger partial charge in [-0.2, -0.15) is 0 Å². The van der Waals surface area contributed by atoms with Crippen LogP contribution in [0.1, 0.15) is 23.9 Å². The van der Waals surface area contributed by atoms with Crippen molar-refractivity contribution in [3.8, 4) is 0 Å². The van der Waals surface area contributed by atoms with Crippen LogP contribution in [0.25, 0.3) is 0 Å². The van der Waals surface area contributed by atoms with Gasteiger partial charge in [0.05, 0.1) is 6.54 Å². The van der Waals surface area contributed by atoms with Crippen LogP contribution in [0.3, 0.4) is 0 Å². The number of H-pyrrole nitrogens is 1. The van der Waals surface area contributed by atoms with Crippen molar-refractivity contribution in [1.82, 2.24) is 14.9 Å². The zero-order valence-corrected chi connectivity index (χ0v) is 9.44. The van der Waals surface area contributed by atoms with Gasteiger partial charge in [0.2, 0.25) is 0 Å². The molecular formula is C13H14FN3. The third-order valence-electron chi connectivity index (χ3n) is 3.29. The standard InChI is InChI=1S/C13H14FN3/c14-11-3-1-10(2-4-11)12-5-8-17(12)9-13-15-6-7-16-13/h1-4,6-7,12H,5,8-9H2,(H,15,16)/t12-/m1/s1. The van der Waals surface area contributed by atoms with Gasteiger partial charge < -0.3 is 4.98 Å². The number of rotatable bonds is 3. The van der Waals surface area contributed by atoms with Crippen LogP contribution in [0.15, 0.2) is 36.7 Å². The van der Waals surface area contributed by atoms with Crippen LogP contribution in [0, 0.1) is 5.82 Å². The van der Waals surface area contributed by atoms with Crippen molar-refractivity contribution in [2.24, 2.45) is 0 Å². The average Bonchev–Trinajstić information content (AvgIpc) is 2.80. The Balaban J connectivity index is 1.70. The van der Waals surface area contributed by atoms with Gasteiger partial charge in [0.25, 0.3) is 0 Å². The van der Waals surface area contributed by atoms with Crippen molar-refractivity contribution >= 4 is 0 Å². The maximum Gasteiger partial charge on any atom is 0.123 e. The number of nitrogens with one attached hydrogen (secondary N) is 1. The van der Waals surface area contributed by atoms with Gasteiger partial charge in [-0.3, -0.25) is 4.90 Å². The molecule has 0 amide bonds. The van der Waals surface area contributed by atoms with Gasteiger partial charge in [0, 0.05) is 25.0 Å². The van der Waals surface area contributed by atoms with Gasteiger partial charge in [-0.1, -0.05) is 12.1 Å². The highest BCUT2D eigenvalue weighted by Crippen LogP contribution is 2.33. The third kappa shape index (κ3) is 2.08. The lowest BCUT2D eigenvalue weighted by Crippen LogP contribution is -2.40. The molecule has 4 heteroatoms. The number of hydrogen-bond donors (Lipinski definition) is 1. The zero-order valence-electron chi connectivity index (χ0n) is 9.44. The molecule has 2 aromatic rings. The van der Waals surface area contributed by atoms with Gasteiger partial charge in [0.1, 0.15) is 11.6 Å². The summed E-state index contributed by atoms with van der Waals surface area (Å²) in [5.41, 5.74) is 1.18. The van der Waals surface area contributed by atoms with Crippen LogP contribution < -0.4 is 0 Å². The highest BCUT2D eigenvalue weighted by molar-refractivity contribution is 5.22. The van der Waals surface area contributed by atoms with E-state index in [9.17, 15) is 4.39 Å². The number of imidazole rings is 1. The highest BCUT2D eigenvalue weighted by Gasteiger charge is 2.29. The molecule has 1 saturated heterocycles. The lowest BCUT2D eigenvalue weighted by Gasteiger charge is -2.40. The topological polar surface area (TPSA) is 31.9 Å². The van der Waals surface area contributed by atoms with E-state index in [0.717, 1.165) is 25.3 Å². The van der Waals surface area contributed by atoms with Crippen molar-refractivity contribution in [2.45, 2.75) is 19.0 Å². The van der Waals surface area contributed by atoms with E-state index in [2.05, 4.69) is 14.9 Å². The molecule has 3 rings (SSSR count). The Hall–Kier alpha value is -1.68. The lowest BCUT2D eigenvalue weighted by molar-refractivity contribution is 0.0790. The van der Waals surface area contributed by atoms with Gasteiger partial charge in [-0.05, 0) is 24.1 Å². The number of benzene rings is 1. The van der Waals surface area contributed by atoms with Crippen LogP contribution in [-0.4, -0.2) is 21.4 Å². The minimum atomic E-state index is -0.175. The summed E-state index contributed by atoms with van der Waals surface area (Å²) in [7, 11) is 0. The molecule has 0 spiro atoms. The summed E-state index contributed by atoms with van der Waals surface area (Å²) in [6.45, 7) is 1.90. The molecule has 0 aliphatic carbocycles. The first-order valence-corrected chi connectivity index (χ1v) is 5.81. The van der Waals surface area contributed by atoms with E-state index in [1.807, 2.05) is 18.3 Å². The Bertz CT molecular complexity index is 478. The second-order valence-corrected chi connectivity index (χ2v) is 4.36. The van der Waals surface area contributed by atoms with E-state index in [1.165, 1.54) is 17.7 Å². The molecule has 1 aromatic heterocycles. The monoisotopic (exact) mass is 231 g/mol. The van der Waals surface area contributed by atoms with E-state index in [0.29, 0.717) is 6.04 Å². The Morgan fingerprint density at radius 3 is 2.76 bits per heavy atom. The summed E-state index contributed by atoms with van der Waals surface area (Å²) < 4.78 is 12.8. The fourth-order valence-corrected chi connectivity index (χ4v) is 2.27. The van der Waals surface area contributed by atoms with Gasteiger partial charge in [0.15, 0.2) is 0 Å². The smallest absolute Gasteiger partial charge is 0.123 e. The Morgan fingerprint density at radius 2 is 2.18 bits per heavy atom. The van der Waals surface area contributed by atoms with E-state index in [4.69, 9.17) is 0 Å². The fraction of sp³-hybridized carbons (Fsp3) is 0.308. The second-order valence-electron chi connectivity index (χ2n) is 4.36. The zero-order chi connectivity index (χ0) is 11.7. The molecule has 3 nitrogen and oxygen atoms in total. The van der Waals surface area contributed by atoms with Crippen LogP contribution in [-0.2, 0) is 6.54 Å². The molecule has 0 radical (unpaired) electrons. The lowest BCUT2D eigenvalue weighted by atomic mass is 9.95. The summed E-state index contributed by atoms with van der Waals surface area (Å²) in [6, 6.07) is 7.20. The number of halogens is 1. The third-order valence-corrected chi connectivity index (χ3v) is 3.29. The van der Waals surface area contributed by atoms with Crippen LogP contribution >= 0.6 is 0 Å². The minimum absolute atomic E-state index is 0.175. The maximum atomic E-state index is 12.8. The van der Waals surface area contributed by atoms with Crippen molar-refractivity contribution < 1.29 is 4.39 Å². The van der Waals surface area contributed by atoms with Crippen molar-refractivity contribution in [1.29, 1.82) is 0 Å². The summed E-state index contributed by atoms with van der Waals surface area (Å²) in [6.07, 6.45) is 4.73. The molecule has 1 N–H and O–H groups in total. The van der Waals surface area contributed by atoms with E-state index < -0.39 is 0 Å². The molecule has 1 aliphatic rings. The molecule has 2 heterocycles. The molecule has 17 heavy (non-hydrogen) atoms. The van der Waals surface area contributed by atoms with E-state index in [-0.39, 0.29) is 5.82 Å². The summed E-state index contributed by atoms with van der Waals surface area (Å²) in [5.74, 6) is 0.808. The van der Waals surface area contributed by atoms with Crippen LogP contribution in [0.4, 0.5) is 4.39 Å². The van der Waals surface area contributed by atoms with Crippen LogP contribution in [0.5, 0.6) is 0 Å². The summed E-state index contributed by atoms with van der Waals surface area (Å²) in [5, 5.41) is 0. The first kappa shape index (κ1) is 10.5. The second kappa shape index (κ2) is 4.30. The average molecular weight is 231 g/mol. The first-order valence-electron chi connectivity index (χ1n) is 5.81. The molecule has 0 bridgehead atoms. The number of aromatic nitrogens is 2. The summed E-state index contributed by atoms with van der Waals surface area (Å²) in [4.78, 5) is 9.67. The molecule has 0 unspecified atom stereocenters. The predicted molar refractivity (Wildman–Crippen MR) is 62.8 cm³/mol. The Kier molecular flexibility index (Phi) is 2.65. The van der Waals surface area contributed by atoms with Crippen LogP contribution in [0.2, 0.25) is 0 Å². The molecule has 0 saturated carbocycles. The molecule has 1 aromatic carbocycles. The highest BCUT2D eigenvalue weighted by atomic mass is 19.1. The Labute approximate surface area is 99.3 Å². The largest absolute Gasteiger partial charge is 0.348 e. The molecular weight excluding hydrogens is 217 g/mol. The number of likely N-dealkylation sites (tertiary alicyclic amines) is 1. The van der Waals surface area contributed by atoms with Crippen molar-refractivity contribution in [2.75, 3.05) is 6.54 Å². The van der Waals surface area contributed by atoms with Gasteiger partial charge in [-0.15, -0.1) is 0 Å². The maximum absolute atomic E-state index is 12.8.